The molecule has 16 heavy (non-hydrogen) atoms. The van der Waals surface area contributed by atoms with Crippen LogP contribution < -0.4 is 24.8 Å². The normalized spacial score (nSPS) is 21.1. The molecule has 0 amide bonds. The van der Waals surface area contributed by atoms with Crippen molar-refractivity contribution in [2.75, 3.05) is 0 Å². The molecule has 2 rings (SSSR count). The summed E-state index contributed by atoms with van der Waals surface area (Å²) >= 11 is 0. The van der Waals surface area contributed by atoms with E-state index < -0.39 is 0 Å². The number of rotatable bonds is 2. The summed E-state index contributed by atoms with van der Waals surface area (Å²) in [7, 11) is 0. The van der Waals surface area contributed by atoms with E-state index in [0.717, 1.165) is 0 Å². The molecule has 0 aromatic rings. The topological polar surface area (TPSA) is 0 Å². The maximum Gasteiger partial charge on any atom is 2.00 e. The zero-order valence-electron chi connectivity index (χ0n) is 9.58. The minimum atomic E-state index is 0. The van der Waals surface area contributed by atoms with Crippen LogP contribution in [0.1, 0.15) is 20.3 Å². The summed E-state index contributed by atoms with van der Waals surface area (Å²) in [5.41, 5.74) is 0.515. The minimum Gasteiger partial charge on any atom is -1.00 e. The van der Waals surface area contributed by atoms with Crippen molar-refractivity contribution in [3.63, 3.8) is 0 Å². The molecule has 0 aliphatic heterocycles. The summed E-state index contributed by atoms with van der Waals surface area (Å²) in [6.07, 6.45) is 18.9. The van der Waals surface area contributed by atoms with Crippen LogP contribution in [0.15, 0.2) is 48.6 Å². The van der Waals surface area contributed by atoms with Crippen LogP contribution in [0, 0.1) is 10.8 Å². The summed E-state index contributed by atoms with van der Waals surface area (Å²) in [6, 6.07) is 0. The summed E-state index contributed by atoms with van der Waals surface area (Å²) in [4.78, 5) is 0. The first kappa shape index (κ1) is 18.6. The van der Waals surface area contributed by atoms with E-state index in [9.17, 15) is 0 Å². The van der Waals surface area contributed by atoms with Crippen LogP contribution in [0.4, 0.5) is 0 Å². The Balaban J connectivity index is 0. The first-order valence-electron chi connectivity index (χ1n) is 4.86. The van der Waals surface area contributed by atoms with Gasteiger partial charge < -0.3 is 24.8 Å². The molecule has 0 heterocycles. The number of hydrogen-bond acceptors (Lipinski definition) is 0. The summed E-state index contributed by atoms with van der Waals surface area (Å²) in [6.45, 7) is 4.58. The maximum absolute atomic E-state index is 2.29. The second-order valence-electron chi connectivity index (χ2n) is 4.62. The monoisotopic (exact) mass is 290 g/mol. The molecule has 0 N–H and O–H groups in total. The molecule has 0 atom stereocenters. The van der Waals surface area contributed by atoms with E-state index in [1.165, 1.54) is 6.42 Å². The van der Waals surface area contributed by atoms with Crippen LogP contribution in [0.3, 0.4) is 0 Å². The smallest absolute Gasteiger partial charge is 1.00 e. The van der Waals surface area contributed by atoms with Gasteiger partial charge in [-0.2, -0.15) is 0 Å². The maximum atomic E-state index is 2.29. The molecule has 0 aromatic heterocycles. The van der Waals surface area contributed by atoms with E-state index in [4.69, 9.17) is 0 Å². The van der Waals surface area contributed by atoms with Gasteiger partial charge in [0.05, 0.1) is 0 Å². The van der Waals surface area contributed by atoms with Gasteiger partial charge in [-0.25, -0.2) is 0 Å². The van der Waals surface area contributed by atoms with Crippen molar-refractivity contribution in [3.8, 4) is 0 Å². The van der Waals surface area contributed by atoms with Gasteiger partial charge in [0.25, 0.3) is 0 Å². The van der Waals surface area contributed by atoms with Crippen molar-refractivity contribution in [1.29, 1.82) is 0 Å². The van der Waals surface area contributed by atoms with Gasteiger partial charge in [-0.05, 0) is 6.42 Å². The van der Waals surface area contributed by atoms with Crippen molar-refractivity contribution >= 4 is 0 Å². The second-order valence-corrected chi connectivity index (χ2v) is 4.62. The number of hydrogen-bond donors (Lipinski definition) is 0. The van der Waals surface area contributed by atoms with Crippen LogP contribution in [-0.2, 0) is 21.7 Å². The van der Waals surface area contributed by atoms with E-state index in [1.54, 1.807) is 0 Å². The SMILES string of the molecule is CC1(CC2(C)C=CC=C2)C=CC=C1.[Cl-].[Cl-].[Ti+2]. The van der Waals surface area contributed by atoms with Crippen molar-refractivity contribution in [3.05, 3.63) is 48.6 Å². The predicted molar refractivity (Wildman–Crippen MR) is 57.4 cm³/mol. The van der Waals surface area contributed by atoms with Gasteiger partial charge >= 0.3 is 21.7 Å². The summed E-state index contributed by atoms with van der Waals surface area (Å²) < 4.78 is 0. The zero-order valence-corrected chi connectivity index (χ0v) is 12.7. The Hall–Kier alpha value is 0.254. The minimum absolute atomic E-state index is 0. The fourth-order valence-corrected chi connectivity index (χ4v) is 2.27. The Morgan fingerprint density at radius 1 is 0.688 bits per heavy atom. The fourth-order valence-electron chi connectivity index (χ4n) is 2.27. The molecule has 86 valence electrons. The zero-order chi connectivity index (χ0) is 9.36. The molecule has 0 unspecified atom stereocenters. The van der Waals surface area contributed by atoms with Crippen molar-refractivity contribution < 1.29 is 46.5 Å². The number of halogens is 2. The van der Waals surface area contributed by atoms with Crippen LogP contribution in [0.25, 0.3) is 0 Å². The van der Waals surface area contributed by atoms with E-state index in [1.807, 2.05) is 0 Å². The van der Waals surface area contributed by atoms with E-state index in [-0.39, 0.29) is 57.4 Å². The first-order chi connectivity index (χ1) is 6.12. The number of allylic oxidation sites excluding steroid dienone is 8. The molecule has 0 fully saturated rings. The third-order valence-corrected chi connectivity index (χ3v) is 2.89. The van der Waals surface area contributed by atoms with Gasteiger partial charge in [-0.1, -0.05) is 62.5 Å². The molecule has 2 aliphatic rings. The van der Waals surface area contributed by atoms with Crippen LogP contribution >= 0.6 is 0 Å². The van der Waals surface area contributed by atoms with E-state index in [0.29, 0.717) is 0 Å². The third kappa shape index (κ3) is 4.26. The third-order valence-electron chi connectivity index (χ3n) is 2.89. The van der Waals surface area contributed by atoms with Gasteiger partial charge in [0.2, 0.25) is 0 Å². The van der Waals surface area contributed by atoms with E-state index in [2.05, 4.69) is 62.5 Å². The molecule has 3 heteroatoms. The Morgan fingerprint density at radius 3 is 1.19 bits per heavy atom. The van der Waals surface area contributed by atoms with Gasteiger partial charge in [-0.15, -0.1) is 0 Å². The van der Waals surface area contributed by atoms with Gasteiger partial charge in [0, 0.05) is 10.8 Å². The Morgan fingerprint density at radius 2 is 0.938 bits per heavy atom. The molecule has 0 aromatic carbocycles. The second kappa shape index (κ2) is 6.86. The average Bonchev–Trinajstić information content (AvgIpc) is 2.60. The van der Waals surface area contributed by atoms with Crippen LogP contribution in [-0.4, -0.2) is 0 Å². The Bertz CT molecular complexity index is 271. The summed E-state index contributed by atoms with van der Waals surface area (Å²) in [5.74, 6) is 0. The van der Waals surface area contributed by atoms with Gasteiger partial charge in [0.1, 0.15) is 0 Å². The Kier molecular flexibility index (Phi) is 7.98. The average molecular weight is 291 g/mol. The molecule has 0 saturated heterocycles. The molecule has 0 radical (unpaired) electrons. The Labute approximate surface area is 126 Å². The fraction of sp³-hybridized carbons (Fsp3) is 0.385. The van der Waals surface area contributed by atoms with Crippen LogP contribution in [0.5, 0.6) is 0 Å². The van der Waals surface area contributed by atoms with Gasteiger partial charge in [0.15, 0.2) is 0 Å². The quantitative estimate of drug-likeness (QED) is 0.500. The summed E-state index contributed by atoms with van der Waals surface area (Å²) in [5, 5.41) is 0. The molecular formula is C13H16Cl2Ti. The largest absolute Gasteiger partial charge is 2.00 e. The van der Waals surface area contributed by atoms with Crippen molar-refractivity contribution in [2.45, 2.75) is 20.3 Å². The van der Waals surface area contributed by atoms with Crippen molar-refractivity contribution in [1.82, 2.24) is 0 Å². The van der Waals surface area contributed by atoms with Gasteiger partial charge in [-0.3, -0.25) is 0 Å². The van der Waals surface area contributed by atoms with E-state index >= 15 is 0 Å². The van der Waals surface area contributed by atoms with Crippen molar-refractivity contribution in [2.24, 2.45) is 10.8 Å². The van der Waals surface area contributed by atoms with Crippen LogP contribution in [0.2, 0.25) is 0 Å². The molecular weight excluding hydrogens is 275 g/mol. The predicted octanol–water partition coefficient (Wildman–Crippen LogP) is -2.35. The first-order valence-corrected chi connectivity index (χ1v) is 4.86. The standard InChI is InChI=1S/C13H16.2ClH.Ti/c1-12(7-3-4-8-12)11-13(2)9-5-6-10-13;;;/h3-10H,11H2,1-2H3;2*1H;/q;;;+2/p-2. The molecule has 0 saturated carbocycles. The molecule has 2 aliphatic carbocycles. The molecule has 0 spiro atoms. The molecule has 0 bridgehead atoms. The molecule has 0 nitrogen and oxygen atoms in total.